The number of nitrogens with zero attached hydrogens (tertiary/aromatic N) is 1. The predicted molar refractivity (Wildman–Crippen MR) is 111 cm³/mol. The molecule has 0 bridgehead atoms. The van der Waals surface area contributed by atoms with E-state index < -0.39 is 30.4 Å². The fourth-order valence-electron chi connectivity index (χ4n) is 3.87. The number of carbonyl (C=O) groups excluding carboxylic acids is 2. The minimum absolute atomic E-state index is 0.0514. The van der Waals surface area contributed by atoms with E-state index in [0.717, 1.165) is 0 Å². The summed E-state index contributed by atoms with van der Waals surface area (Å²) >= 11 is 0. The number of ether oxygens (including phenoxy) is 1. The number of rotatable bonds is 9. The van der Waals surface area contributed by atoms with Crippen LogP contribution in [0.4, 0.5) is 0 Å². The molecule has 7 N–H and O–H groups in total. The average Bonchev–Trinajstić information content (AvgIpc) is 2.63. The van der Waals surface area contributed by atoms with Crippen LogP contribution in [-0.4, -0.2) is 77.8 Å². The number of carboxylic acid groups (broad SMARTS) is 1. The van der Waals surface area contributed by atoms with Crippen LogP contribution in [0.3, 0.4) is 0 Å². The van der Waals surface area contributed by atoms with Crippen molar-refractivity contribution in [3.8, 4) is 11.5 Å². The van der Waals surface area contributed by atoms with Gasteiger partial charge in [-0.25, -0.2) is 4.79 Å². The number of carboxylic acids is 1. The number of amides is 2. The molecule has 0 saturated carbocycles. The summed E-state index contributed by atoms with van der Waals surface area (Å²) < 4.78 is 11.3. The summed E-state index contributed by atoms with van der Waals surface area (Å²) in [6.45, 7) is 4.38. The topological polar surface area (TPSA) is 177 Å². The number of nitrogens with two attached hydrogens (primary N) is 2. The van der Waals surface area contributed by atoms with E-state index in [9.17, 15) is 24.5 Å². The van der Waals surface area contributed by atoms with E-state index >= 15 is 0 Å². The highest BCUT2D eigenvalue weighted by Gasteiger charge is 2.40. The van der Waals surface area contributed by atoms with E-state index in [-0.39, 0.29) is 42.2 Å². The molecule has 11 nitrogen and oxygen atoms in total. The van der Waals surface area contributed by atoms with Crippen molar-refractivity contribution in [1.82, 2.24) is 10.2 Å². The largest absolute Gasteiger partial charge is 0.535 e. The van der Waals surface area contributed by atoms with Gasteiger partial charge in [0.2, 0.25) is 11.8 Å². The summed E-state index contributed by atoms with van der Waals surface area (Å²) in [7, 11) is -1.07. The molecule has 12 heteroatoms. The molecule has 31 heavy (non-hydrogen) atoms. The Hall–Kier alpha value is -2.83. The van der Waals surface area contributed by atoms with Crippen molar-refractivity contribution >= 4 is 24.9 Å². The molecule has 2 aliphatic heterocycles. The van der Waals surface area contributed by atoms with Crippen LogP contribution in [0.1, 0.15) is 35.7 Å². The summed E-state index contributed by atoms with van der Waals surface area (Å²) in [5.74, 6) is -2.20. The number of carbonyl (C=O) groups is 3. The monoisotopic (exact) mass is 434 g/mol. The molecule has 3 rings (SSSR count). The molecule has 0 spiro atoms. The summed E-state index contributed by atoms with van der Waals surface area (Å²) in [5, 5.41) is 22.4. The highest BCUT2D eigenvalue weighted by molar-refractivity contribution is 6.44. The predicted octanol–water partition coefficient (Wildman–Crippen LogP) is -1.26. The molecule has 1 aromatic rings. The fourth-order valence-corrected chi connectivity index (χ4v) is 3.87. The Morgan fingerprint density at radius 3 is 2.61 bits per heavy atom. The maximum absolute atomic E-state index is 11.9. The van der Waals surface area contributed by atoms with Gasteiger partial charge in [-0.15, -0.1) is 0 Å². The molecule has 1 fully saturated rings. The lowest BCUT2D eigenvalue weighted by Gasteiger charge is -2.43. The number of hydrogen-bond acceptors (Lipinski definition) is 8. The Balaban J connectivity index is 1.68. The van der Waals surface area contributed by atoms with E-state index in [1.165, 1.54) is 0 Å². The molecule has 1 saturated heterocycles. The van der Waals surface area contributed by atoms with Crippen LogP contribution in [0.15, 0.2) is 12.1 Å². The SMILES string of the molecule is C[C@H]1CB(O)Oc2c1ccc(OC1CN(C[C@](C)(NCC(N)=O)C(N)=O)C1)c2C(=O)O. The second kappa shape index (κ2) is 8.73. The van der Waals surface area contributed by atoms with Crippen LogP contribution in [0, 0.1) is 0 Å². The number of likely N-dealkylation sites (tertiary alicyclic amines) is 1. The Bertz CT molecular complexity index is 892. The molecule has 2 atom stereocenters. The van der Waals surface area contributed by atoms with Gasteiger partial charge in [-0.3, -0.25) is 19.8 Å². The lowest BCUT2D eigenvalue weighted by Crippen LogP contribution is -2.65. The zero-order valence-corrected chi connectivity index (χ0v) is 17.5. The van der Waals surface area contributed by atoms with Gasteiger partial charge in [0, 0.05) is 26.0 Å². The summed E-state index contributed by atoms with van der Waals surface area (Å²) in [6.07, 6.45) is 0.0714. The van der Waals surface area contributed by atoms with Gasteiger partial charge < -0.3 is 31.0 Å². The van der Waals surface area contributed by atoms with Gasteiger partial charge in [0.1, 0.15) is 28.7 Å². The molecule has 0 aromatic heterocycles. The van der Waals surface area contributed by atoms with Gasteiger partial charge in [0.15, 0.2) is 0 Å². The highest BCUT2D eigenvalue weighted by Crippen LogP contribution is 2.42. The Morgan fingerprint density at radius 1 is 1.35 bits per heavy atom. The maximum atomic E-state index is 11.9. The number of hydrogen-bond donors (Lipinski definition) is 5. The van der Waals surface area contributed by atoms with Crippen molar-refractivity contribution in [3.05, 3.63) is 23.3 Å². The van der Waals surface area contributed by atoms with Crippen LogP contribution in [-0.2, 0) is 9.59 Å². The molecular formula is C19H27BN4O7. The first-order valence-corrected chi connectivity index (χ1v) is 9.97. The van der Waals surface area contributed by atoms with Gasteiger partial charge in [0.05, 0.1) is 6.54 Å². The van der Waals surface area contributed by atoms with Crippen LogP contribution in [0.25, 0.3) is 0 Å². The minimum Gasteiger partial charge on any atom is -0.535 e. The van der Waals surface area contributed by atoms with Crippen LogP contribution >= 0.6 is 0 Å². The first-order chi connectivity index (χ1) is 14.5. The lowest BCUT2D eigenvalue weighted by molar-refractivity contribution is -0.126. The molecule has 0 unspecified atom stereocenters. The number of aromatic carboxylic acids is 1. The van der Waals surface area contributed by atoms with E-state index in [1.54, 1.807) is 19.1 Å². The van der Waals surface area contributed by atoms with Crippen LogP contribution < -0.4 is 26.2 Å². The molecular weight excluding hydrogens is 407 g/mol. The summed E-state index contributed by atoms with van der Waals surface area (Å²) in [5.41, 5.74) is 10.0. The van der Waals surface area contributed by atoms with Crippen molar-refractivity contribution < 1.29 is 33.9 Å². The van der Waals surface area contributed by atoms with Crippen LogP contribution in [0.2, 0.25) is 6.32 Å². The Kier molecular flexibility index (Phi) is 6.44. The van der Waals surface area contributed by atoms with E-state index in [0.29, 0.717) is 25.0 Å². The Labute approximate surface area is 179 Å². The second-order valence-electron chi connectivity index (χ2n) is 8.32. The van der Waals surface area contributed by atoms with Crippen molar-refractivity contribution in [2.24, 2.45) is 11.5 Å². The molecule has 0 radical (unpaired) electrons. The van der Waals surface area contributed by atoms with Gasteiger partial charge in [0.25, 0.3) is 0 Å². The highest BCUT2D eigenvalue weighted by atomic mass is 16.5. The molecule has 2 amide bonds. The maximum Gasteiger partial charge on any atom is 0.523 e. The smallest absolute Gasteiger partial charge is 0.523 e. The summed E-state index contributed by atoms with van der Waals surface area (Å²) in [4.78, 5) is 36.7. The molecule has 0 aliphatic carbocycles. The fraction of sp³-hybridized carbons (Fsp3) is 0.526. The van der Waals surface area contributed by atoms with Crippen molar-refractivity contribution in [2.75, 3.05) is 26.2 Å². The first kappa shape index (κ1) is 22.9. The first-order valence-electron chi connectivity index (χ1n) is 9.97. The van der Waals surface area contributed by atoms with Crippen LogP contribution in [0.5, 0.6) is 11.5 Å². The van der Waals surface area contributed by atoms with Gasteiger partial charge in [-0.2, -0.15) is 0 Å². The quantitative estimate of drug-likeness (QED) is 0.297. The third-order valence-electron chi connectivity index (χ3n) is 5.66. The minimum atomic E-state index is -1.21. The molecule has 2 heterocycles. The van der Waals surface area contributed by atoms with Gasteiger partial charge in [-0.1, -0.05) is 13.0 Å². The second-order valence-corrected chi connectivity index (χ2v) is 8.32. The lowest BCUT2D eigenvalue weighted by atomic mass is 9.72. The molecule has 2 aliphatic rings. The summed E-state index contributed by atoms with van der Waals surface area (Å²) in [6, 6.07) is 3.35. The van der Waals surface area contributed by atoms with E-state index in [1.807, 2.05) is 11.8 Å². The van der Waals surface area contributed by atoms with Crippen molar-refractivity contribution in [2.45, 2.75) is 37.7 Å². The third kappa shape index (κ3) is 4.92. The van der Waals surface area contributed by atoms with Gasteiger partial charge in [-0.05, 0) is 24.5 Å². The van der Waals surface area contributed by atoms with Crippen molar-refractivity contribution in [1.29, 1.82) is 0 Å². The molecule has 168 valence electrons. The van der Waals surface area contributed by atoms with Gasteiger partial charge >= 0.3 is 13.1 Å². The third-order valence-corrected chi connectivity index (χ3v) is 5.66. The zero-order valence-electron chi connectivity index (χ0n) is 17.5. The molecule has 1 aromatic carbocycles. The Morgan fingerprint density at radius 2 is 2.03 bits per heavy atom. The zero-order chi connectivity index (χ0) is 22.9. The normalized spacial score (nSPS) is 20.7. The number of fused-ring (bicyclic) bond motifs is 1. The standard InChI is InChI=1S/C19H27BN4O7/c1-10-5-20(29)31-16-12(10)3-4-13(15(16)17(26)27)30-11-7-24(8-11)9-19(2,18(22)28)23-6-14(21)25/h3-4,10-11,23,29H,5-9H2,1-2H3,(H2,21,25)(H2,22,28)(H,26,27)/t10-,19-/m0/s1. The number of benzene rings is 1. The number of nitrogens with one attached hydrogen (secondary N) is 1. The number of primary amides is 2. The van der Waals surface area contributed by atoms with Crippen molar-refractivity contribution in [3.63, 3.8) is 0 Å². The van der Waals surface area contributed by atoms with E-state index in [4.69, 9.17) is 20.9 Å². The van der Waals surface area contributed by atoms with E-state index in [2.05, 4.69) is 5.32 Å². The average molecular weight is 434 g/mol.